The van der Waals surface area contributed by atoms with Crippen molar-refractivity contribution < 1.29 is 19.1 Å². The number of fused-ring (bicyclic) bond motifs is 1. The molecule has 43 heavy (non-hydrogen) atoms. The standard InChI is InChI=1S/C36H55NO4SSi/c1-8-9-10-11-12-13-14-15-16-17-18-19-20-23-28-26-31(41-43(6,7)36(3,4)5)27(2)32(38)33(28)42-37-34(39)29-24-21-22-25-30(29)35(37)40/h21-22,24-26,38H,8-20,23H2,1-7H3. The van der Waals surface area contributed by atoms with Crippen LogP contribution in [0.2, 0.25) is 18.1 Å². The zero-order valence-corrected chi connectivity index (χ0v) is 29.6. The molecule has 0 spiro atoms. The van der Waals surface area contributed by atoms with Gasteiger partial charge in [0.1, 0.15) is 11.5 Å². The van der Waals surface area contributed by atoms with Gasteiger partial charge in [0.25, 0.3) is 11.8 Å². The van der Waals surface area contributed by atoms with E-state index in [-0.39, 0.29) is 22.6 Å². The molecular weight excluding hydrogens is 571 g/mol. The third-order valence-corrected chi connectivity index (χ3v) is 14.7. The molecule has 0 radical (unpaired) electrons. The van der Waals surface area contributed by atoms with Crippen LogP contribution in [0.5, 0.6) is 11.5 Å². The van der Waals surface area contributed by atoms with Crippen LogP contribution in [0.1, 0.15) is 143 Å². The van der Waals surface area contributed by atoms with Crippen LogP contribution in [0.3, 0.4) is 0 Å². The molecule has 238 valence electrons. The Labute approximate surface area is 266 Å². The van der Waals surface area contributed by atoms with Gasteiger partial charge in [-0.1, -0.05) is 117 Å². The predicted octanol–water partition coefficient (Wildman–Crippen LogP) is 11.0. The van der Waals surface area contributed by atoms with Gasteiger partial charge in [-0.15, -0.1) is 0 Å². The molecule has 0 aromatic heterocycles. The largest absolute Gasteiger partial charge is 0.543 e. The molecule has 5 nitrogen and oxygen atoms in total. The number of aromatic hydroxyl groups is 1. The Morgan fingerprint density at radius 2 is 1.28 bits per heavy atom. The molecule has 0 atom stereocenters. The number of benzene rings is 2. The molecule has 2 amide bonds. The second-order valence-electron chi connectivity index (χ2n) is 13.7. The quantitative estimate of drug-likeness (QED) is 0.0772. The molecule has 1 heterocycles. The average molecular weight is 626 g/mol. The van der Waals surface area contributed by atoms with Crippen molar-refractivity contribution in [3.05, 3.63) is 52.6 Å². The van der Waals surface area contributed by atoms with E-state index in [9.17, 15) is 14.7 Å². The van der Waals surface area contributed by atoms with Gasteiger partial charge in [-0.05, 0) is 61.7 Å². The number of rotatable bonds is 18. The highest BCUT2D eigenvalue weighted by Gasteiger charge is 2.40. The first-order valence-electron chi connectivity index (χ1n) is 16.6. The summed E-state index contributed by atoms with van der Waals surface area (Å²) < 4.78 is 7.87. The average Bonchev–Trinajstić information content (AvgIpc) is 3.19. The summed E-state index contributed by atoms with van der Waals surface area (Å²) in [7, 11) is -2.15. The van der Waals surface area contributed by atoms with E-state index in [0.29, 0.717) is 27.3 Å². The van der Waals surface area contributed by atoms with Crippen molar-refractivity contribution in [3.8, 4) is 11.5 Å². The molecule has 0 bridgehead atoms. The Balaban J connectivity index is 1.66. The van der Waals surface area contributed by atoms with E-state index < -0.39 is 8.32 Å². The van der Waals surface area contributed by atoms with Gasteiger partial charge in [-0.2, -0.15) is 0 Å². The highest BCUT2D eigenvalue weighted by Crippen LogP contribution is 2.46. The molecule has 7 heteroatoms. The molecule has 1 aliphatic rings. The first kappa shape index (κ1) is 35.2. The van der Waals surface area contributed by atoms with Crippen molar-refractivity contribution in [2.45, 2.75) is 148 Å². The van der Waals surface area contributed by atoms with Gasteiger partial charge >= 0.3 is 0 Å². The lowest BCUT2D eigenvalue weighted by atomic mass is 10.0. The van der Waals surface area contributed by atoms with Crippen LogP contribution >= 0.6 is 11.9 Å². The van der Waals surface area contributed by atoms with Gasteiger partial charge in [0, 0.05) is 17.5 Å². The highest BCUT2D eigenvalue weighted by atomic mass is 32.2. The number of nitrogens with zero attached hydrogens (tertiary/aromatic N) is 1. The Morgan fingerprint density at radius 1 is 0.814 bits per heavy atom. The summed E-state index contributed by atoms with van der Waals surface area (Å²) in [5.74, 6) is 0.135. The molecule has 0 fully saturated rings. The molecule has 3 rings (SSSR count). The number of carbonyl (C=O) groups excluding carboxylic acids is 2. The van der Waals surface area contributed by atoms with Crippen LogP contribution < -0.4 is 4.43 Å². The molecular formula is C36H55NO4SSi. The lowest BCUT2D eigenvalue weighted by Crippen LogP contribution is -2.44. The highest BCUT2D eigenvalue weighted by molar-refractivity contribution is 7.98. The van der Waals surface area contributed by atoms with Gasteiger partial charge in [-0.25, -0.2) is 4.31 Å². The van der Waals surface area contributed by atoms with Crippen LogP contribution in [0.15, 0.2) is 35.2 Å². The third kappa shape index (κ3) is 9.37. The topological polar surface area (TPSA) is 66.8 Å². The lowest BCUT2D eigenvalue weighted by Gasteiger charge is -2.37. The minimum Gasteiger partial charge on any atom is -0.543 e. The van der Waals surface area contributed by atoms with Gasteiger partial charge in [0.2, 0.25) is 8.32 Å². The fourth-order valence-electron chi connectivity index (χ4n) is 5.27. The number of phenols is 1. The zero-order chi connectivity index (χ0) is 31.6. The molecule has 1 N–H and O–H groups in total. The maximum absolute atomic E-state index is 13.2. The van der Waals surface area contributed by atoms with Crippen molar-refractivity contribution >= 4 is 32.1 Å². The zero-order valence-electron chi connectivity index (χ0n) is 27.8. The molecule has 0 unspecified atom stereocenters. The van der Waals surface area contributed by atoms with Crippen molar-refractivity contribution in [2.24, 2.45) is 0 Å². The number of hydrogen-bond donors (Lipinski definition) is 1. The molecule has 0 saturated carbocycles. The van der Waals surface area contributed by atoms with E-state index in [2.05, 4.69) is 46.9 Å². The number of carbonyl (C=O) groups is 2. The first-order valence-corrected chi connectivity index (χ1v) is 20.3. The van der Waals surface area contributed by atoms with Crippen molar-refractivity contribution in [1.82, 2.24) is 4.31 Å². The Kier molecular flexibility index (Phi) is 13.2. The van der Waals surface area contributed by atoms with Crippen LogP contribution in [-0.2, 0) is 6.42 Å². The summed E-state index contributed by atoms with van der Waals surface area (Å²) in [4.78, 5) is 26.9. The second-order valence-corrected chi connectivity index (χ2v) is 19.4. The van der Waals surface area contributed by atoms with Gasteiger partial charge in [0.15, 0.2) is 0 Å². The van der Waals surface area contributed by atoms with Crippen molar-refractivity contribution in [3.63, 3.8) is 0 Å². The van der Waals surface area contributed by atoms with Gasteiger partial charge in [-0.3, -0.25) is 9.59 Å². The number of imide groups is 1. The maximum Gasteiger partial charge on any atom is 0.272 e. The van der Waals surface area contributed by atoms with E-state index >= 15 is 0 Å². The van der Waals surface area contributed by atoms with Crippen LogP contribution in [-0.4, -0.2) is 29.5 Å². The smallest absolute Gasteiger partial charge is 0.272 e. The Morgan fingerprint density at radius 3 is 1.74 bits per heavy atom. The van der Waals surface area contributed by atoms with E-state index in [0.717, 1.165) is 36.8 Å². The van der Waals surface area contributed by atoms with Gasteiger partial charge in [0.05, 0.1) is 16.0 Å². The minimum absolute atomic E-state index is 0.0118. The van der Waals surface area contributed by atoms with E-state index in [1.54, 1.807) is 24.3 Å². The van der Waals surface area contributed by atoms with Crippen molar-refractivity contribution in [2.75, 3.05) is 0 Å². The number of hydrogen-bond acceptors (Lipinski definition) is 5. The SMILES string of the molecule is CCCCCCCCCCCCCCCc1cc(O[Si](C)(C)C(C)(C)C)c(C)c(O)c1SN1C(=O)c2ccccc2C1=O. The molecule has 0 saturated heterocycles. The van der Waals surface area contributed by atoms with Crippen LogP contribution in [0.4, 0.5) is 0 Å². The molecule has 2 aromatic carbocycles. The summed E-state index contributed by atoms with van der Waals surface area (Å²) in [5, 5.41) is 11.5. The summed E-state index contributed by atoms with van der Waals surface area (Å²) >= 11 is 1.05. The number of amides is 2. The van der Waals surface area contributed by atoms with Crippen molar-refractivity contribution in [1.29, 1.82) is 0 Å². The maximum atomic E-state index is 13.2. The number of phenolic OH excluding ortho intramolecular Hbond substituents is 1. The minimum atomic E-state index is -2.15. The van der Waals surface area contributed by atoms with Crippen LogP contribution in [0, 0.1) is 6.92 Å². The second kappa shape index (κ2) is 16.2. The normalized spacial score (nSPS) is 13.6. The monoisotopic (exact) mass is 625 g/mol. The number of aryl methyl sites for hydroxylation is 1. The lowest BCUT2D eigenvalue weighted by molar-refractivity contribution is 0.0777. The summed E-state index contributed by atoms with van der Waals surface area (Å²) in [5.41, 5.74) is 2.40. The van der Waals surface area contributed by atoms with Gasteiger partial charge < -0.3 is 9.53 Å². The van der Waals surface area contributed by atoms with E-state index in [4.69, 9.17) is 4.43 Å². The molecule has 2 aromatic rings. The van der Waals surface area contributed by atoms with Crippen LogP contribution in [0.25, 0.3) is 0 Å². The third-order valence-electron chi connectivity index (χ3n) is 9.20. The van der Waals surface area contributed by atoms with E-state index in [1.165, 1.54) is 74.9 Å². The Hall–Kier alpha value is -2.25. The molecule has 1 aliphatic heterocycles. The fourth-order valence-corrected chi connectivity index (χ4v) is 7.40. The summed E-state index contributed by atoms with van der Waals surface area (Å²) in [6.07, 6.45) is 17.5. The Bertz CT molecular complexity index is 1200. The number of unbranched alkanes of at least 4 members (excludes halogenated alkanes) is 12. The summed E-state index contributed by atoms with van der Waals surface area (Å²) in [6, 6.07) is 8.97. The van der Waals surface area contributed by atoms with E-state index in [1.807, 2.05) is 6.92 Å². The summed E-state index contributed by atoms with van der Waals surface area (Å²) in [6.45, 7) is 15.1. The first-order chi connectivity index (χ1) is 20.4. The predicted molar refractivity (Wildman–Crippen MR) is 183 cm³/mol. The molecule has 0 aliphatic carbocycles. The fraction of sp³-hybridized carbons (Fsp3) is 0.611.